The van der Waals surface area contributed by atoms with Gasteiger partial charge >= 0.3 is 0 Å². The van der Waals surface area contributed by atoms with Crippen molar-refractivity contribution in [1.29, 1.82) is 0 Å². The summed E-state index contributed by atoms with van der Waals surface area (Å²) >= 11 is 6.64. The lowest BCUT2D eigenvalue weighted by atomic mass is 10.0. The van der Waals surface area contributed by atoms with E-state index in [1.807, 2.05) is 91.0 Å². The number of rotatable bonds is 4. The fraction of sp³-hybridized carbons (Fsp3) is 0. The van der Waals surface area contributed by atoms with E-state index in [9.17, 15) is 0 Å². The monoisotopic (exact) mass is 469 g/mol. The fourth-order valence-corrected chi connectivity index (χ4v) is 4.50. The van der Waals surface area contributed by atoms with Gasteiger partial charge in [0.15, 0.2) is 17.5 Å². The van der Waals surface area contributed by atoms with Gasteiger partial charge in [0.05, 0.1) is 0 Å². The fourth-order valence-electron chi connectivity index (χ4n) is 4.21. The summed E-state index contributed by atoms with van der Waals surface area (Å²) in [6.45, 7) is 0. The molecule has 0 N–H and O–H groups in total. The molecule has 0 amide bonds. The molecule has 1 heterocycles. The van der Waals surface area contributed by atoms with Crippen LogP contribution >= 0.6 is 11.6 Å². The summed E-state index contributed by atoms with van der Waals surface area (Å²) in [6, 6.07) is 40.7. The number of aromatic nitrogens is 3. The zero-order valence-corrected chi connectivity index (χ0v) is 19.5. The molecule has 0 bridgehead atoms. The van der Waals surface area contributed by atoms with Crippen molar-refractivity contribution in [3.05, 3.63) is 126 Å². The van der Waals surface area contributed by atoms with E-state index < -0.39 is 0 Å². The molecule has 3 nitrogen and oxygen atoms in total. The van der Waals surface area contributed by atoms with Crippen molar-refractivity contribution in [3.8, 4) is 45.3 Å². The summed E-state index contributed by atoms with van der Waals surface area (Å²) in [5.41, 5.74) is 4.98. The highest BCUT2D eigenvalue weighted by atomic mass is 35.5. The molecule has 0 aliphatic rings. The molecule has 0 radical (unpaired) electrons. The zero-order chi connectivity index (χ0) is 23.6. The van der Waals surface area contributed by atoms with Crippen LogP contribution in [0.15, 0.2) is 121 Å². The number of benzene rings is 5. The maximum atomic E-state index is 6.64. The van der Waals surface area contributed by atoms with Crippen LogP contribution in [0.5, 0.6) is 0 Å². The number of halogens is 1. The van der Waals surface area contributed by atoms with Crippen molar-refractivity contribution in [3.63, 3.8) is 0 Å². The van der Waals surface area contributed by atoms with E-state index in [0.717, 1.165) is 38.6 Å². The second-order valence-corrected chi connectivity index (χ2v) is 8.71. The Hall–Kier alpha value is -4.34. The molecule has 0 saturated heterocycles. The topological polar surface area (TPSA) is 38.7 Å². The van der Waals surface area contributed by atoms with Gasteiger partial charge in [0.25, 0.3) is 0 Å². The van der Waals surface area contributed by atoms with E-state index in [1.54, 1.807) is 0 Å². The molecular formula is C31H20ClN3. The largest absolute Gasteiger partial charge is 0.208 e. The molecule has 6 aromatic rings. The molecular weight excluding hydrogens is 450 g/mol. The van der Waals surface area contributed by atoms with Gasteiger partial charge in [-0.2, -0.15) is 0 Å². The molecule has 35 heavy (non-hydrogen) atoms. The van der Waals surface area contributed by atoms with E-state index in [0.29, 0.717) is 22.5 Å². The zero-order valence-electron chi connectivity index (χ0n) is 18.8. The van der Waals surface area contributed by atoms with Crippen molar-refractivity contribution >= 4 is 22.4 Å². The highest BCUT2D eigenvalue weighted by Gasteiger charge is 2.14. The van der Waals surface area contributed by atoms with Gasteiger partial charge < -0.3 is 0 Å². The first-order valence-corrected chi connectivity index (χ1v) is 11.8. The minimum atomic E-state index is 0.589. The maximum absolute atomic E-state index is 6.64. The maximum Gasteiger partial charge on any atom is 0.164 e. The van der Waals surface area contributed by atoms with Gasteiger partial charge in [0.1, 0.15) is 0 Å². The van der Waals surface area contributed by atoms with Gasteiger partial charge in [0.2, 0.25) is 0 Å². The SMILES string of the molecule is Clc1cc(-c2nc(-c3ccccc3)nc(-c3cccc(-c4ccccc4)c3)n2)cc2ccccc12. The third kappa shape index (κ3) is 4.30. The first kappa shape index (κ1) is 21.2. The number of nitrogens with zero attached hydrogens (tertiary/aromatic N) is 3. The highest BCUT2D eigenvalue weighted by molar-refractivity contribution is 6.35. The molecule has 0 saturated carbocycles. The Bertz CT molecular complexity index is 1650. The minimum Gasteiger partial charge on any atom is -0.208 e. The summed E-state index contributed by atoms with van der Waals surface area (Å²) < 4.78 is 0. The van der Waals surface area contributed by atoms with Gasteiger partial charge in [-0.15, -0.1) is 0 Å². The first-order valence-electron chi connectivity index (χ1n) is 11.4. The van der Waals surface area contributed by atoms with E-state index in [4.69, 9.17) is 26.6 Å². The molecule has 0 atom stereocenters. The van der Waals surface area contributed by atoms with Crippen molar-refractivity contribution in [2.75, 3.05) is 0 Å². The average Bonchev–Trinajstić information content (AvgIpc) is 2.94. The van der Waals surface area contributed by atoms with Crippen LogP contribution in [-0.4, -0.2) is 15.0 Å². The van der Waals surface area contributed by atoms with Crippen molar-refractivity contribution in [2.24, 2.45) is 0 Å². The summed E-state index contributed by atoms with van der Waals surface area (Å²) in [4.78, 5) is 14.6. The molecule has 1 aromatic heterocycles. The Labute approximate surface area is 208 Å². The third-order valence-corrected chi connectivity index (χ3v) is 6.28. The lowest BCUT2D eigenvalue weighted by Crippen LogP contribution is -2.00. The molecule has 0 aliphatic heterocycles. The van der Waals surface area contributed by atoms with Crippen molar-refractivity contribution in [1.82, 2.24) is 15.0 Å². The highest BCUT2D eigenvalue weighted by Crippen LogP contribution is 2.32. The summed E-state index contributed by atoms with van der Waals surface area (Å²) in [7, 11) is 0. The van der Waals surface area contributed by atoms with Gasteiger partial charge in [-0.3, -0.25) is 0 Å². The summed E-state index contributed by atoms with van der Waals surface area (Å²) in [6.07, 6.45) is 0. The Balaban J connectivity index is 1.54. The Kier molecular flexibility index (Phi) is 5.53. The van der Waals surface area contributed by atoms with Crippen LogP contribution < -0.4 is 0 Å². The van der Waals surface area contributed by atoms with Gasteiger partial charge in [-0.1, -0.05) is 115 Å². The predicted molar refractivity (Wildman–Crippen MR) is 144 cm³/mol. The molecule has 166 valence electrons. The van der Waals surface area contributed by atoms with Gasteiger partial charge in [0, 0.05) is 27.1 Å². The van der Waals surface area contributed by atoms with Gasteiger partial charge in [-0.25, -0.2) is 15.0 Å². The standard InChI is InChI=1S/C31H20ClN3/c32-28-20-26(19-24-14-7-8-17-27(24)28)31-34-29(22-12-5-2-6-13-22)33-30(35-31)25-16-9-15-23(18-25)21-10-3-1-4-11-21/h1-20H. The molecule has 0 unspecified atom stereocenters. The van der Waals surface area contributed by atoms with E-state index >= 15 is 0 Å². The van der Waals surface area contributed by atoms with Crippen LogP contribution in [0.1, 0.15) is 0 Å². The van der Waals surface area contributed by atoms with Gasteiger partial charge in [-0.05, 0) is 34.7 Å². The summed E-state index contributed by atoms with van der Waals surface area (Å²) in [5.74, 6) is 1.84. The van der Waals surface area contributed by atoms with Crippen molar-refractivity contribution < 1.29 is 0 Å². The first-order chi connectivity index (χ1) is 17.2. The molecule has 4 heteroatoms. The Morgan fingerprint density at radius 3 is 1.69 bits per heavy atom. The van der Waals surface area contributed by atoms with E-state index in [-0.39, 0.29) is 0 Å². The lowest BCUT2D eigenvalue weighted by molar-refractivity contribution is 1.07. The number of fused-ring (bicyclic) bond motifs is 1. The van der Waals surface area contributed by atoms with Crippen LogP contribution in [0.3, 0.4) is 0 Å². The quantitative estimate of drug-likeness (QED) is 0.260. The average molecular weight is 470 g/mol. The summed E-state index contributed by atoms with van der Waals surface area (Å²) in [5, 5.41) is 2.72. The Morgan fingerprint density at radius 2 is 0.943 bits per heavy atom. The molecule has 0 aliphatic carbocycles. The number of hydrogen-bond donors (Lipinski definition) is 0. The van der Waals surface area contributed by atoms with Crippen LogP contribution in [0.25, 0.3) is 56.1 Å². The number of hydrogen-bond acceptors (Lipinski definition) is 3. The molecule has 0 spiro atoms. The lowest BCUT2D eigenvalue weighted by Gasteiger charge is -2.11. The van der Waals surface area contributed by atoms with Crippen molar-refractivity contribution in [2.45, 2.75) is 0 Å². The normalized spacial score (nSPS) is 11.0. The van der Waals surface area contributed by atoms with Crippen LogP contribution in [0.2, 0.25) is 5.02 Å². The van der Waals surface area contributed by atoms with Crippen LogP contribution in [0, 0.1) is 0 Å². The van der Waals surface area contributed by atoms with E-state index in [1.165, 1.54) is 0 Å². The van der Waals surface area contributed by atoms with E-state index in [2.05, 4.69) is 30.3 Å². The predicted octanol–water partition coefficient (Wildman–Crippen LogP) is 8.35. The third-order valence-electron chi connectivity index (χ3n) is 5.96. The second-order valence-electron chi connectivity index (χ2n) is 8.30. The second kappa shape index (κ2) is 9.13. The minimum absolute atomic E-state index is 0.589. The molecule has 0 fully saturated rings. The molecule has 5 aromatic carbocycles. The Morgan fingerprint density at radius 1 is 0.400 bits per heavy atom. The smallest absolute Gasteiger partial charge is 0.164 e. The van der Waals surface area contributed by atoms with Crippen LogP contribution in [-0.2, 0) is 0 Å². The van der Waals surface area contributed by atoms with Crippen LogP contribution in [0.4, 0.5) is 0 Å². The molecule has 6 rings (SSSR count).